The first-order valence-electron chi connectivity index (χ1n) is 10.3. The minimum absolute atomic E-state index is 0.101. The van der Waals surface area contributed by atoms with Crippen LogP contribution in [-0.2, 0) is 27.9 Å². The van der Waals surface area contributed by atoms with Crippen LogP contribution in [-0.4, -0.2) is 50.2 Å². The molecule has 1 N–H and O–H groups in total. The average molecular weight is 430 g/mol. The van der Waals surface area contributed by atoms with Crippen LogP contribution in [0.5, 0.6) is 0 Å². The molecule has 2 aromatic carbocycles. The van der Waals surface area contributed by atoms with Crippen LogP contribution < -0.4 is 5.32 Å². The Bertz CT molecular complexity index is 957. The number of sulfonamides is 1. The third kappa shape index (κ3) is 5.68. The first-order chi connectivity index (χ1) is 14.3. The number of hydrogen-bond donors (Lipinski definition) is 1. The van der Waals surface area contributed by atoms with Gasteiger partial charge >= 0.3 is 0 Å². The van der Waals surface area contributed by atoms with Crippen molar-refractivity contribution >= 4 is 15.9 Å². The summed E-state index contributed by atoms with van der Waals surface area (Å²) < 4.78 is 26.3. The largest absolute Gasteiger partial charge is 0.351 e. The van der Waals surface area contributed by atoms with E-state index in [0.29, 0.717) is 17.5 Å². The molecular formula is C23H31N3O3S. The summed E-state index contributed by atoms with van der Waals surface area (Å²) in [5.74, 6) is 0.544. The van der Waals surface area contributed by atoms with E-state index < -0.39 is 10.0 Å². The van der Waals surface area contributed by atoms with E-state index in [4.69, 9.17) is 0 Å². The molecule has 0 heterocycles. The van der Waals surface area contributed by atoms with Gasteiger partial charge in [-0.25, -0.2) is 12.7 Å². The quantitative estimate of drug-likeness (QED) is 0.631. The summed E-state index contributed by atoms with van der Waals surface area (Å²) in [6.45, 7) is 3.37. The fraction of sp³-hybridized carbons (Fsp3) is 0.435. The summed E-state index contributed by atoms with van der Waals surface area (Å²) in [6, 6.07) is 17.3. The van der Waals surface area contributed by atoms with Crippen LogP contribution in [0.25, 0.3) is 0 Å². The molecule has 6 nitrogen and oxygen atoms in total. The topological polar surface area (TPSA) is 69.7 Å². The zero-order chi connectivity index (χ0) is 21.7. The standard InChI is InChI=1S/C23H31N3O3S/c1-18(20-13-14-20)26(16-19-9-5-4-6-10-19)17-23(27)24-15-21-11-7-8-12-22(21)30(28,29)25(2)3/h4-12,18,20H,13-17H2,1-3H3,(H,24,27). The van der Waals surface area contributed by atoms with Crippen molar-refractivity contribution in [3.05, 3.63) is 65.7 Å². The third-order valence-corrected chi connectivity index (χ3v) is 7.58. The van der Waals surface area contributed by atoms with Gasteiger partial charge in [0.25, 0.3) is 0 Å². The lowest BCUT2D eigenvalue weighted by Crippen LogP contribution is -2.42. The van der Waals surface area contributed by atoms with Gasteiger partial charge in [-0.05, 0) is 42.9 Å². The minimum atomic E-state index is -3.56. The second-order valence-electron chi connectivity index (χ2n) is 8.14. The van der Waals surface area contributed by atoms with E-state index in [-0.39, 0.29) is 23.9 Å². The van der Waals surface area contributed by atoms with Gasteiger partial charge < -0.3 is 5.32 Å². The summed E-state index contributed by atoms with van der Waals surface area (Å²) in [5, 5.41) is 2.92. The molecule has 0 radical (unpaired) electrons. The zero-order valence-electron chi connectivity index (χ0n) is 17.9. The van der Waals surface area contributed by atoms with Gasteiger partial charge in [0.1, 0.15) is 0 Å². The molecule has 7 heteroatoms. The van der Waals surface area contributed by atoms with Gasteiger partial charge in [-0.1, -0.05) is 48.5 Å². The average Bonchev–Trinajstić information content (AvgIpc) is 3.57. The Morgan fingerprint density at radius 2 is 1.70 bits per heavy atom. The van der Waals surface area contributed by atoms with Gasteiger partial charge in [0.15, 0.2) is 0 Å². The molecule has 0 aromatic heterocycles. The first-order valence-corrected chi connectivity index (χ1v) is 11.8. The molecule has 1 fully saturated rings. The van der Waals surface area contributed by atoms with E-state index >= 15 is 0 Å². The number of rotatable bonds is 10. The maximum absolute atomic E-state index is 12.7. The highest BCUT2D eigenvalue weighted by Crippen LogP contribution is 2.35. The predicted molar refractivity (Wildman–Crippen MR) is 118 cm³/mol. The van der Waals surface area contributed by atoms with E-state index in [9.17, 15) is 13.2 Å². The highest BCUT2D eigenvalue weighted by Gasteiger charge is 2.32. The molecule has 1 aliphatic carbocycles. The first kappa shape index (κ1) is 22.5. The van der Waals surface area contributed by atoms with Crippen LogP contribution in [0.3, 0.4) is 0 Å². The van der Waals surface area contributed by atoms with Gasteiger partial charge in [-0.15, -0.1) is 0 Å². The van der Waals surface area contributed by atoms with Crippen LogP contribution in [0.15, 0.2) is 59.5 Å². The van der Waals surface area contributed by atoms with Crippen LogP contribution in [0.4, 0.5) is 0 Å². The summed E-state index contributed by atoms with van der Waals surface area (Å²) in [7, 11) is -0.553. The Kier molecular flexibility index (Phi) is 7.28. The molecule has 1 unspecified atom stereocenters. The monoisotopic (exact) mass is 429 g/mol. The van der Waals surface area contributed by atoms with Gasteiger partial charge in [-0.2, -0.15) is 0 Å². The number of benzene rings is 2. The maximum atomic E-state index is 12.7. The molecular weight excluding hydrogens is 398 g/mol. The number of hydrogen-bond acceptors (Lipinski definition) is 4. The van der Waals surface area contributed by atoms with E-state index in [1.165, 1.54) is 36.8 Å². The van der Waals surface area contributed by atoms with Crippen LogP contribution in [0.2, 0.25) is 0 Å². The second kappa shape index (κ2) is 9.73. The number of carbonyl (C=O) groups excluding carboxylic acids is 1. The summed E-state index contributed by atoms with van der Waals surface area (Å²) >= 11 is 0. The lowest BCUT2D eigenvalue weighted by molar-refractivity contribution is -0.123. The Hall–Kier alpha value is -2.22. The summed E-state index contributed by atoms with van der Waals surface area (Å²) in [6.07, 6.45) is 2.42. The normalized spacial score (nSPS) is 15.4. The molecule has 1 atom stereocenters. The third-order valence-electron chi connectivity index (χ3n) is 5.66. The number of carbonyl (C=O) groups is 1. The van der Waals surface area contributed by atoms with E-state index in [0.717, 1.165) is 6.54 Å². The molecule has 0 saturated heterocycles. The molecule has 1 aliphatic rings. The Morgan fingerprint density at radius 1 is 1.07 bits per heavy atom. The molecule has 2 aromatic rings. The minimum Gasteiger partial charge on any atom is -0.351 e. The van der Waals surface area contributed by atoms with Crippen molar-refractivity contribution in [2.75, 3.05) is 20.6 Å². The molecule has 0 aliphatic heterocycles. The SMILES string of the molecule is CC(C1CC1)N(CC(=O)NCc1ccccc1S(=O)(=O)N(C)C)Cc1ccccc1. The van der Waals surface area contributed by atoms with E-state index in [2.05, 4.69) is 29.3 Å². The lowest BCUT2D eigenvalue weighted by Gasteiger charge is -2.29. The highest BCUT2D eigenvalue weighted by molar-refractivity contribution is 7.89. The van der Waals surface area contributed by atoms with Crippen LogP contribution in [0.1, 0.15) is 30.9 Å². The summed E-state index contributed by atoms with van der Waals surface area (Å²) in [4.78, 5) is 15.2. The smallest absolute Gasteiger partial charge is 0.242 e. The molecule has 0 spiro atoms. The van der Waals surface area contributed by atoms with Crippen molar-refractivity contribution in [1.29, 1.82) is 0 Å². The number of amides is 1. The fourth-order valence-electron chi connectivity index (χ4n) is 3.57. The van der Waals surface area contributed by atoms with Gasteiger partial charge in [-0.3, -0.25) is 9.69 Å². The molecule has 1 amide bonds. The second-order valence-corrected chi connectivity index (χ2v) is 10.3. The van der Waals surface area contributed by atoms with Crippen molar-refractivity contribution in [2.45, 2.75) is 43.8 Å². The molecule has 162 valence electrons. The summed E-state index contributed by atoms with van der Waals surface area (Å²) in [5.41, 5.74) is 1.77. The van der Waals surface area contributed by atoms with Gasteiger partial charge in [0.05, 0.1) is 11.4 Å². The van der Waals surface area contributed by atoms with Crippen molar-refractivity contribution in [3.8, 4) is 0 Å². The Labute approximate surface area is 179 Å². The van der Waals surface area contributed by atoms with Crippen molar-refractivity contribution in [2.24, 2.45) is 5.92 Å². The Balaban J connectivity index is 1.66. The van der Waals surface area contributed by atoms with E-state index in [1.54, 1.807) is 24.3 Å². The predicted octanol–water partition coefficient (Wildman–Crippen LogP) is 2.85. The number of nitrogens with zero attached hydrogens (tertiary/aromatic N) is 2. The molecule has 1 saturated carbocycles. The van der Waals surface area contributed by atoms with Crippen molar-refractivity contribution < 1.29 is 13.2 Å². The Morgan fingerprint density at radius 3 is 2.33 bits per heavy atom. The lowest BCUT2D eigenvalue weighted by atomic mass is 10.1. The maximum Gasteiger partial charge on any atom is 0.242 e. The zero-order valence-corrected chi connectivity index (χ0v) is 18.7. The fourth-order valence-corrected chi connectivity index (χ4v) is 4.69. The van der Waals surface area contributed by atoms with Gasteiger partial charge in [0.2, 0.25) is 15.9 Å². The van der Waals surface area contributed by atoms with Crippen LogP contribution in [0, 0.1) is 5.92 Å². The van der Waals surface area contributed by atoms with Crippen molar-refractivity contribution in [1.82, 2.24) is 14.5 Å². The number of nitrogens with one attached hydrogen (secondary N) is 1. The molecule has 0 bridgehead atoms. The molecule has 3 rings (SSSR count). The van der Waals surface area contributed by atoms with Gasteiger partial charge in [0, 0.05) is 33.2 Å². The highest BCUT2D eigenvalue weighted by atomic mass is 32.2. The molecule has 30 heavy (non-hydrogen) atoms. The van der Waals surface area contributed by atoms with E-state index in [1.807, 2.05) is 18.2 Å². The van der Waals surface area contributed by atoms with Crippen molar-refractivity contribution in [3.63, 3.8) is 0 Å². The van der Waals surface area contributed by atoms with Crippen LogP contribution >= 0.6 is 0 Å².